The Morgan fingerprint density at radius 1 is 1.17 bits per heavy atom. The van der Waals surface area contributed by atoms with Gasteiger partial charge in [0.15, 0.2) is 5.43 Å². The number of nitrogens with two attached hydrogens (primary N) is 1. The Labute approximate surface area is 208 Å². The molecule has 9 heteroatoms. The fourth-order valence-corrected chi connectivity index (χ4v) is 6.02. The van der Waals surface area contributed by atoms with Crippen LogP contribution in [-0.4, -0.2) is 31.6 Å². The summed E-state index contributed by atoms with van der Waals surface area (Å²) in [6.45, 7) is 0. The number of rotatable bonds is 6. The van der Waals surface area contributed by atoms with Crippen LogP contribution >= 0.6 is 0 Å². The van der Waals surface area contributed by atoms with Gasteiger partial charge in [0, 0.05) is 53.8 Å². The number of sulfonamides is 1. The molecule has 0 aliphatic heterocycles. The molecule has 0 radical (unpaired) electrons. The molecule has 4 aromatic rings. The van der Waals surface area contributed by atoms with E-state index in [1.165, 1.54) is 6.20 Å². The summed E-state index contributed by atoms with van der Waals surface area (Å²) < 4.78 is 28.8. The van der Waals surface area contributed by atoms with Crippen molar-refractivity contribution < 1.29 is 8.42 Å². The lowest BCUT2D eigenvalue weighted by molar-refractivity contribution is 0.550. The molecule has 0 saturated heterocycles. The van der Waals surface area contributed by atoms with E-state index in [2.05, 4.69) is 19.7 Å². The predicted octanol–water partition coefficient (Wildman–Crippen LogP) is 3.25. The number of hydrogen-bond acceptors (Lipinski definition) is 7. The summed E-state index contributed by atoms with van der Waals surface area (Å²) in [5.74, 6) is -0.242. The average molecular weight is 500 g/mol. The van der Waals surface area contributed by atoms with Crippen LogP contribution in [0.4, 0.5) is 0 Å². The van der Waals surface area contributed by atoms with Gasteiger partial charge in [-0.25, -0.2) is 13.1 Å². The maximum atomic E-state index is 13.5. The van der Waals surface area contributed by atoms with E-state index >= 15 is 0 Å². The minimum atomic E-state index is -3.67. The lowest BCUT2D eigenvalue weighted by Gasteiger charge is -2.13. The fraction of sp³-hybridized carbons (Fsp3) is 0.185. The Kier molecular flexibility index (Phi) is 6.34. The van der Waals surface area contributed by atoms with Gasteiger partial charge in [0.05, 0.1) is 23.0 Å². The van der Waals surface area contributed by atoms with Crippen LogP contribution in [-0.2, 0) is 22.2 Å². The molecule has 0 bridgehead atoms. The summed E-state index contributed by atoms with van der Waals surface area (Å²) in [5, 5.41) is 1.54. The minimum absolute atomic E-state index is 0.231. The second-order valence-electron chi connectivity index (χ2n) is 8.77. The molecule has 2 heterocycles. The van der Waals surface area contributed by atoms with Gasteiger partial charge in [-0.05, 0) is 53.6 Å². The van der Waals surface area contributed by atoms with Gasteiger partial charge >= 0.3 is 0 Å². The van der Waals surface area contributed by atoms with Crippen molar-refractivity contribution in [2.24, 2.45) is 10.7 Å². The third kappa shape index (κ3) is 4.62. The molecule has 0 amide bonds. The molecule has 5 rings (SSSR count). The maximum absolute atomic E-state index is 13.5. The third-order valence-electron chi connectivity index (χ3n) is 6.36. The van der Waals surface area contributed by atoms with Crippen LogP contribution in [0.25, 0.3) is 27.2 Å². The Balaban J connectivity index is 1.51. The summed E-state index contributed by atoms with van der Waals surface area (Å²) in [4.78, 5) is 26.3. The predicted molar refractivity (Wildman–Crippen MR) is 143 cm³/mol. The largest absolute Gasteiger partial charge is 0.404 e. The number of fused-ring (bicyclic) bond motifs is 3. The molecule has 2 aromatic heterocycles. The smallest absolute Gasteiger partial charge is 0.216 e. The van der Waals surface area contributed by atoms with Crippen molar-refractivity contribution in [3.05, 3.63) is 99.7 Å². The lowest BCUT2D eigenvalue weighted by Crippen LogP contribution is -2.29. The molecule has 182 valence electrons. The van der Waals surface area contributed by atoms with Crippen LogP contribution in [0.1, 0.15) is 34.8 Å². The normalized spacial score (nSPS) is 16.1. The van der Waals surface area contributed by atoms with Gasteiger partial charge in [-0.1, -0.05) is 24.3 Å². The lowest BCUT2D eigenvalue weighted by atomic mass is 10.1. The number of aromatic nitrogens is 2. The molecule has 8 nitrogen and oxygen atoms in total. The highest BCUT2D eigenvalue weighted by Gasteiger charge is 2.27. The van der Waals surface area contributed by atoms with Gasteiger partial charge in [0.25, 0.3) is 0 Å². The van der Waals surface area contributed by atoms with Crippen molar-refractivity contribution in [2.45, 2.75) is 24.6 Å². The zero-order chi connectivity index (χ0) is 25.3. The number of nitrogens with zero attached hydrogens (tertiary/aromatic N) is 3. The average Bonchev–Trinajstić information content (AvgIpc) is 3.21. The van der Waals surface area contributed by atoms with E-state index in [1.807, 2.05) is 18.2 Å². The van der Waals surface area contributed by atoms with Gasteiger partial charge in [0.1, 0.15) is 0 Å². The van der Waals surface area contributed by atoms with Crippen molar-refractivity contribution >= 4 is 43.5 Å². The first-order valence-electron chi connectivity index (χ1n) is 11.5. The number of aliphatic imine (C=N–C) groups is 1. The molecule has 1 unspecified atom stereocenters. The first kappa shape index (κ1) is 23.8. The molecule has 0 saturated carbocycles. The molecular weight excluding hydrogens is 474 g/mol. The van der Waals surface area contributed by atoms with E-state index < -0.39 is 10.0 Å². The van der Waals surface area contributed by atoms with Crippen molar-refractivity contribution in [3.8, 4) is 0 Å². The monoisotopic (exact) mass is 499 g/mol. The molecule has 1 atom stereocenters. The molecular formula is C27H25N5O3S. The minimum Gasteiger partial charge on any atom is -0.404 e. The van der Waals surface area contributed by atoms with Crippen LogP contribution in [0.15, 0.2) is 76.9 Å². The standard InChI is InChI=1S/C27H25N5O3S/c1-29-14-21(13-28)20-12-23-24(31-15-20)8-6-18-5-4-17(11-22(18)27(23)33)16-36(34,35)32-25-9-7-19-3-2-10-30-26(19)25/h2-6,8,10-15,25,32H,7,9,16,28H2,1H3. The number of pyridine rings is 2. The number of hydrogen-bond donors (Lipinski definition) is 2. The summed E-state index contributed by atoms with van der Waals surface area (Å²) in [5.41, 5.74) is 9.71. The number of allylic oxidation sites excluding steroid dienone is 1. The van der Waals surface area contributed by atoms with Crippen LogP contribution in [0.2, 0.25) is 0 Å². The molecule has 2 aromatic carbocycles. The van der Waals surface area contributed by atoms with Gasteiger partial charge in [-0.3, -0.25) is 19.8 Å². The summed E-state index contributed by atoms with van der Waals surface area (Å²) in [6, 6.07) is 14.0. The first-order chi connectivity index (χ1) is 17.4. The second kappa shape index (κ2) is 9.60. The zero-order valence-electron chi connectivity index (χ0n) is 19.7. The Morgan fingerprint density at radius 2 is 2.00 bits per heavy atom. The highest BCUT2D eigenvalue weighted by Crippen LogP contribution is 2.30. The SMILES string of the molecule is CN=CC(=CN)c1cnc2ccc3ccc(CS(=O)(=O)NC4CCc5cccnc54)cc3c(=O)c2c1. The number of aryl methyl sites for hydroxylation is 1. The van der Waals surface area contributed by atoms with Crippen molar-refractivity contribution in [3.63, 3.8) is 0 Å². The molecule has 36 heavy (non-hydrogen) atoms. The summed E-state index contributed by atoms with van der Waals surface area (Å²) in [6.07, 6.45) is 7.80. The highest BCUT2D eigenvalue weighted by molar-refractivity contribution is 7.88. The molecule has 1 aliphatic rings. The van der Waals surface area contributed by atoms with Crippen LogP contribution in [0.3, 0.4) is 0 Å². The number of nitrogens with one attached hydrogen (secondary N) is 1. The molecule has 0 fully saturated rings. The van der Waals surface area contributed by atoms with Gasteiger partial charge in [-0.15, -0.1) is 0 Å². The Bertz CT molecular complexity index is 1710. The van der Waals surface area contributed by atoms with Crippen LogP contribution < -0.4 is 15.9 Å². The van der Waals surface area contributed by atoms with E-state index in [0.717, 1.165) is 17.7 Å². The van der Waals surface area contributed by atoms with Gasteiger partial charge in [0.2, 0.25) is 10.0 Å². The van der Waals surface area contributed by atoms with E-state index in [1.54, 1.807) is 56.0 Å². The quantitative estimate of drug-likeness (QED) is 0.392. The Morgan fingerprint density at radius 3 is 2.81 bits per heavy atom. The highest BCUT2D eigenvalue weighted by atomic mass is 32.2. The van der Waals surface area contributed by atoms with Crippen LogP contribution in [0, 0.1) is 0 Å². The second-order valence-corrected chi connectivity index (χ2v) is 10.5. The van der Waals surface area contributed by atoms with Gasteiger partial charge < -0.3 is 5.73 Å². The van der Waals surface area contributed by atoms with Crippen LogP contribution in [0.5, 0.6) is 0 Å². The van der Waals surface area contributed by atoms with Crippen molar-refractivity contribution in [1.82, 2.24) is 14.7 Å². The maximum Gasteiger partial charge on any atom is 0.216 e. The molecule has 0 spiro atoms. The van der Waals surface area contributed by atoms with E-state index in [-0.39, 0.29) is 17.2 Å². The zero-order valence-corrected chi connectivity index (χ0v) is 20.5. The van der Waals surface area contributed by atoms with Crippen molar-refractivity contribution in [2.75, 3.05) is 7.05 Å². The van der Waals surface area contributed by atoms with E-state index in [9.17, 15) is 13.2 Å². The van der Waals surface area contributed by atoms with E-state index in [0.29, 0.717) is 44.8 Å². The molecule has 3 N–H and O–H groups in total. The third-order valence-corrected chi connectivity index (χ3v) is 7.72. The number of benzene rings is 1. The summed E-state index contributed by atoms with van der Waals surface area (Å²) in [7, 11) is -2.03. The topological polar surface area (TPSA) is 127 Å². The van der Waals surface area contributed by atoms with E-state index in [4.69, 9.17) is 5.73 Å². The first-order valence-corrected chi connectivity index (χ1v) is 13.2. The van der Waals surface area contributed by atoms with Crippen molar-refractivity contribution in [1.29, 1.82) is 0 Å². The molecule has 1 aliphatic carbocycles. The Hall–Kier alpha value is -3.95. The summed E-state index contributed by atoms with van der Waals surface area (Å²) >= 11 is 0. The van der Waals surface area contributed by atoms with Gasteiger partial charge in [-0.2, -0.15) is 0 Å². The fourth-order valence-electron chi connectivity index (χ4n) is 4.65.